The first kappa shape index (κ1) is 34.0. The Morgan fingerprint density at radius 2 is 1.00 bits per heavy atom. The van der Waals surface area contributed by atoms with Gasteiger partial charge in [0.15, 0.2) is 0 Å². The fourth-order valence-electron chi connectivity index (χ4n) is 9.88. The SMILES string of the molecule is C1=C(c2ccc(-c3ccc4cc5c(cc4c3)c(-c3ccccc3)nc3cc4ccccc4cc35)cc2)CCc2c1nc(-c1ccccc1)c1ccc3c4ccccc4oc3c21. The van der Waals surface area contributed by atoms with Crippen LogP contribution in [-0.4, -0.2) is 9.97 Å². The Bertz CT molecular complexity index is 3790. The number of hydrogen-bond donors (Lipinski definition) is 0. The molecule has 3 heterocycles. The summed E-state index contributed by atoms with van der Waals surface area (Å²) in [5.41, 5.74) is 14.3. The van der Waals surface area contributed by atoms with Crippen LogP contribution < -0.4 is 0 Å². The molecule has 0 unspecified atom stereocenters. The summed E-state index contributed by atoms with van der Waals surface area (Å²) in [4.78, 5) is 10.7. The Kier molecular flexibility index (Phi) is 7.43. The number of aromatic nitrogens is 2. The molecule has 13 rings (SSSR count). The van der Waals surface area contributed by atoms with Crippen LogP contribution in [0.5, 0.6) is 0 Å². The van der Waals surface area contributed by atoms with Crippen molar-refractivity contribution in [3.63, 3.8) is 0 Å². The monoisotopic (exact) mass is 776 g/mol. The van der Waals surface area contributed by atoms with Crippen molar-refractivity contribution in [2.24, 2.45) is 0 Å². The lowest BCUT2D eigenvalue weighted by Gasteiger charge is -2.20. The summed E-state index contributed by atoms with van der Waals surface area (Å²) < 4.78 is 6.64. The molecule has 0 saturated heterocycles. The first-order valence-electron chi connectivity index (χ1n) is 21.1. The van der Waals surface area contributed by atoms with Crippen LogP contribution >= 0.6 is 0 Å². The lowest BCUT2D eigenvalue weighted by atomic mass is 9.86. The predicted molar refractivity (Wildman–Crippen MR) is 256 cm³/mol. The zero-order chi connectivity index (χ0) is 40.0. The van der Waals surface area contributed by atoms with Gasteiger partial charge in [-0.1, -0.05) is 146 Å². The van der Waals surface area contributed by atoms with E-state index in [1.807, 2.05) is 6.07 Å². The first-order valence-corrected chi connectivity index (χ1v) is 21.1. The maximum atomic E-state index is 6.64. The van der Waals surface area contributed by atoms with Crippen molar-refractivity contribution in [3.05, 3.63) is 205 Å². The summed E-state index contributed by atoms with van der Waals surface area (Å²) in [6.07, 6.45) is 4.13. The van der Waals surface area contributed by atoms with Gasteiger partial charge >= 0.3 is 0 Å². The number of para-hydroxylation sites is 1. The molecular weight excluding hydrogens is 741 g/mol. The van der Waals surface area contributed by atoms with Crippen LogP contribution in [0.4, 0.5) is 0 Å². The van der Waals surface area contributed by atoms with Crippen LogP contribution in [0.1, 0.15) is 23.2 Å². The van der Waals surface area contributed by atoms with Crippen molar-refractivity contribution < 1.29 is 4.42 Å². The van der Waals surface area contributed by atoms with Crippen LogP contribution in [0.15, 0.2) is 192 Å². The maximum absolute atomic E-state index is 6.64. The molecule has 0 radical (unpaired) electrons. The number of hydrogen-bond acceptors (Lipinski definition) is 3. The van der Waals surface area contributed by atoms with Crippen LogP contribution in [0.3, 0.4) is 0 Å². The summed E-state index contributed by atoms with van der Waals surface area (Å²) >= 11 is 0. The normalized spacial score (nSPS) is 12.9. The highest BCUT2D eigenvalue weighted by molar-refractivity contribution is 6.20. The van der Waals surface area contributed by atoms with Gasteiger partial charge in [0.2, 0.25) is 0 Å². The molecule has 0 amide bonds. The highest BCUT2D eigenvalue weighted by Crippen LogP contribution is 2.44. The number of fused-ring (bicyclic) bond motifs is 12. The highest BCUT2D eigenvalue weighted by Gasteiger charge is 2.23. The van der Waals surface area contributed by atoms with Crippen molar-refractivity contribution in [1.82, 2.24) is 9.97 Å². The van der Waals surface area contributed by atoms with Gasteiger partial charge in [0.1, 0.15) is 11.2 Å². The van der Waals surface area contributed by atoms with Gasteiger partial charge in [-0.25, -0.2) is 9.97 Å². The molecule has 0 fully saturated rings. The topological polar surface area (TPSA) is 38.9 Å². The van der Waals surface area contributed by atoms with E-state index in [0.717, 1.165) is 79.3 Å². The molecule has 3 heteroatoms. The molecule has 12 aromatic rings. The second-order valence-corrected chi connectivity index (χ2v) is 16.4. The molecule has 0 saturated carbocycles. The number of aryl methyl sites for hydroxylation is 1. The average molecular weight is 777 g/mol. The third-order valence-electron chi connectivity index (χ3n) is 12.9. The standard InChI is InChI=1S/C58H36N2O/c1-3-11-37(12-4-1)56-48-28-27-46-45-17-9-10-18-54(45)61-58(46)55(48)47-26-25-43(34-52(47)59-56)36-21-19-35(20-22-36)41-23-24-42-30-49-50-31-39-15-7-8-16-40(39)33-53(50)60-57(38-13-5-2-6-14-38)51(49)32-44(42)29-41/h1-24,27-34H,25-26H2. The largest absolute Gasteiger partial charge is 0.455 e. The van der Waals surface area contributed by atoms with Crippen LogP contribution in [0.25, 0.3) is 121 Å². The minimum absolute atomic E-state index is 0.890. The van der Waals surface area contributed by atoms with Gasteiger partial charge in [-0.05, 0) is 116 Å². The minimum Gasteiger partial charge on any atom is -0.455 e. The van der Waals surface area contributed by atoms with E-state index in [1.54, 1.807) is 0 Å². The molecule has 3 nitrogen and oxygen atoms in total. The molecule has 1 aliphatic carbocycles. The fraction of sp³-hybridized carbons (Fsp3) is 0.0345. The second kappa shape index (κ2) is 13.3. The van der Waals surface area contributed by atoms with Crippen LogP contribution in [0, 0.1) is 0 Å². The molecule has 9 aromatic carbocycles. The van der Waals surface area contributed by atoms with Crippen LogP contribution in [0.2, 0.25) is 0 Å². The quantitative estimate of drug-likeness (QED) is 0.132. The molecule has 284 valence electrons. The summed E-state index contributed by atoms with van der Waals surface area (Å²) in [6, 6.07) is 67.7. The Balaban J connectivity index is 0.909. The number of pyridine rings is 2. The van der Waals surface area contributed by atoms with E-state index in [0.29, 0.717) is 0 Å². The lowest BCUT2D eigenvalue weighted by Crippen LogP contribution is -2.04. The Hall–Kier alpha value is -7.88. The zero-order valence-corrected chi connectivity index (χ0v) is 33.2. The van der Waals surface area contributed by atoms with Crippen molar-refractivity contribution >= 4 is 87.6 Å². The molecule has 0 bridgehead atoms. The van der Waals surface area contributed by atoms with Gasteiger partial charge < -0.3 is 4.42 Å². The zero-order valence-electron chi connectivity index (χ0n) is 33.2. The molecule has 0 spiro atoms. The summed E-state index contributed by atoms with van der Waals surface area (Å²) in [5, 5.41) is 13.0. The number of furan rings is 1. The summed E-state index contributed by atoms with van der Waals surface area (Å²) in [5.74, 6) is 0. The molecule has 1 aliphatic rings. The predicted octanol–water partition coefficient (Wildman–Crippen LogP) is 15.6. The Labute approximate surface area is 351 Å². The summed E-state index contributed by atoms with van der Waals surface area (Å²) in [6.45, 7) is 0. The molecule has 61 heavy (non-hydrogen) atoms. The van der Waals surface area contributed by atoms with Crippen LogP contribution in [-0.2, 0) is 6.42 Å². The highest BCUT2D eigenvalue weighted by atomic mass is 16.3. The van der Waals surface area contributed by atoms with Gasteiger partial charge in [0.05, 0.1) is 22.6 Å². The number of benzene rings is 9. The molecule has 0 N–H and O–H groups in total. The third-order valence-corrected chi connectivity index (χ3v) is 12.9. The molecule has 0 atom stereocenters. The van der Waals surface area contributed by atoms with Crippen molar-refractivity contribution in [1.29, 1.82) is 0 Å². The average Bonchev–Trinajstić information content (AvgIpc) is 3.71. The van der Waals surface area contributed by atoms with Gasteiger partial charge in [0.25, 0.3) is 0 Å². The molecular formula is C58H36N2O. The van der Waals surface area contributed by atoms with E-state index < -0.39 is 0 Å². The number of nitrogens with zero attached hydrogens (tertiary/aromatic N) is 2. The van der Waals surface area contributed by atoms with E-state index in [9.17, 15) is 0 Å². The lowest BCUT2D eigenvalue weighted by molar-refractivity contribution is 0.672. The van der Waals surface area contributed by atoms with E-state index in [2.05, 4.69) is 188 Å². The van der Waals surface area contributed by atoms with Crippen molar-refractivity contribution in [3.8, 4) is 33.6 Å². The number of allylic oxidation sites excluding steroid dienone is 1. The summed E-state index contributed by atoms with van der Waals surface area (Å²) in [7, 11) is 0. The smallest absolute Gasteiger partial charge is 0.143 e. The van der Waals surface area contributed by atoms with Crippen molar-refractivity contribution in [2.45, 2.75) is 12.8 Å². The van der Waals surface area contributed by atoms with Gasteiger partial charge in [-0.2, -0.15) is 0 Å². The Morgan fingerprint density at radius 1 is 0.377 bits per heavy atom. The van der Waals surface area contributed by atoms with Gasteiger partial charge in [0, 0.05) is 43.4 Å². The van der Waals surface area contributed by atoms with E-state index in [4.69, 9.17) is 14.4 Å². The van der Waals surface area contributed by atoms with E-state index in [1.165, 1.54) is 65.5 Å². The number of rotatable bonds is 4. The van der Waals surface area contributed by atoms with E-state index >= 15 is 0 Å². The molecule has 0 aliphatic heterocycles. The third kappa shape index (κ3) is 5.44. The van der Waals surface area contributed by atoms with E-state index in [-0.39, 0.29) is 0 Å². The Morgan fingerprint density at radius 3 is 1.80 bits per heavy atom. The second-order valence-electron chi connectivity index (χ2n) is 16.4. The van der Waals surface area contributed by atoms with Gasteiger partial charge in [-0.15, -0.1) is 0 Å². The fourth-order valence-corrected chi connectivity index (χ4v) is 9.88. The first-order chi connectivity index (χ1) is 30.2. The maximum Gasteiger partial charge on any atom is 0.143 e. The van der Waals surface area contributed by atoms with Gasteiger partial charge in [-0.3, -0.25) is 0 Å². The molecule has 3 aromatic heterocycles. The minimum atomic E-state index is 0.890. The van der Waals surface area contributed by atoms with Crippen molar-refractivity contribution in [2.75, 3.05) is 0 Å².